The maximum Gasteiger partial charge on any atom is 0.223 e. The molecule has 2 N–H and O–H groups in total. The van der Waals surface area contributed by atoms with Crippen LogP contribution in [0.3, 0.4) is 0 Å². The summed E-state index contributed by atoms with van der Waals surface area (Å²) in [4.78, 5) is 12.9. The van der Waals surface area contributed by atoms with Crippen molar-refractivity contribution in [2.75, 3.05) is 6.54 Å². The molecule has 5 heteroatoms. The lowest BCUT2D eigenvalue weighted by molar-refractivity contribution is -0.125. The van der Waals surface area contributed by atoms with Gasteiger partial charge in [-0.1, -0.05) is 31.2 Å². The second-order valence-electron chi connectivity index (χ2n) is 5.67. The van der Waals surface area contributed by atoms with E-state index in [1.54, 1.807) is 32.0 Å². The Kier molecular flexibility index (Phi) is 5.32. The number of hydrogen-bond donors (Lipinski definition) is 2. The summed E-state index contributed by atoms with van der Waals surface area (Å²) in [5, 5.41) is 15.0. The van der Waals surface area contributed by atoms with Crippen molar-refractivity contribution in [1.29, 1.82) is 0 Å². The first kappa shape index (κ1) is 16.6. The minimum Gasteiger partial charge on any atom is -0.383 e. The number of halogens is 1. The van der Waals surface area contributed by atoms with Crippen molar-refractivity contribution in [2.45, 2.75) is 25.9 Å². The Morgan fingerprint density at radius 2 is 2.09 bits per heavy atom. The first-order chi connectivity index (χ1) is 10.4. The number of carbonyl (C=O) groups is 1. The van der Waals surface area contributed by atoms with E-state index in [0.29, 0.717) is 12.0 Å². The number of carbonyl (C=O) groups excluding carboxylic acids is 1. The summed E-state index contributed by atoms with van der Waals surface area (Å²) >= 11 is 1.44. The van der Waals surface area contributed by atoms with Crippen molar-refractivity contribution in [1.82, 2.24) is 5.32 Å². The summed E-state index contributed by atoms with van der Waals surface area (Å²) in [6, 6.07) is 10.1. The van der Waals surface area contributed by atoms with Gasteiger partial charge in [0.05, 0.1) is 6.54 Å². The van der Waals surface area contributed by atoms with Gasteiger partial charge in [0.1, 0.15) is 11.4 Å². The minimum absolute atomic E-state index is 0.133. The Labute approximate surface area is 133 Å². The SMILES string of the molecule is CC(Cc1ccccc1F)C(=O)NCC(C)(O)c1cccs1. The molecule has 0 saturated carbocycles. The molecule has 0 spiro atoms. The Morgan fingerprint density at radius 1 is 1.36 bits per heavy atom. The van der Waals surface area contributed by atoms with Gasteiger partial charge in [0.25, 0.3) is 0 Å². The minimum atomic E-state index is -1.10. The van der Waals surface area contributed by atoms with Crippen molar-refractivity contribution in [3.8, 4) is 0 Å². The van der Waals surface area contributed by atoms with Gasteiger partial charge in [-0.3, -0.25) is 4.79 Å². The van der Waals surface area contributed by atoms with Crippen LogP contribution in [0.15, 0.2) is 41.8 Å². The topological polar surface area (TPSA) is 49.3 Å². The maximum absolute atomic E-state index is 13.6. The Morgan fingerprint density at radius 3 is 2.73 bits per heavy atom. The van der Waals surface area contributed by atoms with Crippen LogP contribution in [0.5, 0.6) is 0 Å². The van der Waals surface area contributed by atoms with Crippen LogP contribution < -0.4 is 5.32 Å². The van der Waals surface area contributed by atoms with E-state index in [0.717, 1.165) is 4.88 Å². The van der Waals surface area contributed by atoms with Gasteiger partial charge in [0.15, 0.2) is 0 Å². The van der Waals surface area contributed by atoms with Crippen molar-refractivity contribution >= 4 is 17.2 Å². The number of aliphatic hydroxyl groups is 1. The molecule has 1 aromatic carbocycles. The van der Waals surface area contributed by atoms with E-state index in [4.69, 9.17) is 0 Å². The molecule has 22 heavy (non-hydrogen) atoms. The highest BCUT2D eigenvalue weighted by atomic mass is 32.1. The van der Waals surface area contributed by atoms with E-state index in [-0.39, 0.29) is 24.2 Å². The molecule has 0 radical (unpaired) electrons. The van der Waals surface area contributed by atoms with E-state index in [1.807, 2.05) is 17.5 Å². The summed E-state index contributed by atoms with van der Waals surface area (Å²) in [6.45, 7) is 3.55. The average molecular weight is 321 g/mol. The van der Waals surface area contributed by atoms with Crippen LogP contribution in [0.4, 0.5) is 4.39 Å². The number of amides is 1. The summed E-state index contributed by atoms with van der Waals surface area (Å²) in [7, 11) is 0. The Bertz CT molecular complexity index is 625. The van der Waals surface area contributed by atoms with Crippen LogP contribution in [-0.4, -0.2) is 17.6 Å². The van der Waals surface area contributed by atoms with Crippen molar-refractivity contribution in [3.63, 3.8) is 0 Å². The lowest BCUT2D eigenvalue weighted by atomic mass is 9.99. The highest BCUT2D eigenvalue weighted by Crippen LogP contribution is 2.24. The molecule has 1 amide bonds. The molecule has 2 rings (SSSR count). The van der Waals surface area contributed by atoms with Crippen LogP contribution in [0.1, 0.15) is 24.3 Å². The quantitative estimate of drug-likeness (QED) is 0.859. The van der Waals surface area contributed by atoms with Crippen LogP contribution in [0, 0.1) is 11.7 Å². The fourth-order valence-corrected chi connectivity index (χ4v) is 2.98. The van der Waals surface area contributed by atoms with Crippen molar-refractivity contribution < 1.29 is 14.3 Å². The highest BCUT2D eigenvalue weighted by Gasteiger charge is 2.26. The number of benzene rings is 1. The van der Waals surface area contributed by atoms with Gasteiger partial charge >= 0.3 is 0 Å². The van der Waals surface area contributed by atoms with Gasteiger partial charge in [-0.05, 0) is 36.4 Å². The van der Waals surface area contributed by atoms with Gasteiger partial charge in [-0.2, -0.15) is 0 Å². The highest BCUT2D eigenvalue weighted by molar-refractivity contribution is 7.10. The Hall–Kier alpha value is -1.72. The van der Waals surface area contributed by atoms with Gasteiger partial charge in [-0.25, -0.2) is 4.39 Å². The molecule has 0 aliphatic carbocycles. The monoisotopic (exact) mass is 321 g/mol. The van der Waals surface area contributed by atoms with Crippen LogP contribution >= 0.6 is 11.3 Å². The lowest BCUT2D eigenvalue weighted by Crippen LogP contribution is -2.40. The molecular weight excluding hydrogens is 301 g/mol. The van der Waals surface area contributed by atoms with Gasteiger partial charge in [-0.15, -0.1) is 11.3 Å². The standard InChI is InChI=1S/C17H20FNO2S/c1-12(10-13-6-3-4-7-14(13)18)16(20)19-11-17(2,21)15-8-5-9-22-15/h3-9,12,21H,10-11H2,1-2H3,(H,19,20). The molecule has 0 saturated heterocycles. The third kappa shape index (κ3) is 4.15. The number of thiophene rings is 1. The van der Waals surface area contributed by atoms with Crippen molar-refractivity contribution in [2.24, 2.45) is 5.92 Å². The second-order valence-corrected chi connectivity index (χ2v) is 6.61. The fourth-order valence-electron chi connectivity index (χ4n) is 2.19. The summed E-state index contributed by atoms with van der Waals surface area (Å²) < 4.78 is 13.6. The zero-order chi connectivity index (χ0) is 16.2. The number of hydrogen-bond acceptors (Lipinski definition) is 3. The molecule has 3 nitrogen and oxygen atoms in total. The Balaban J connectivity index is 1.91. The maximum atomic E-state index is 13.6. The molecule has 1 aromatic heterocycles. The van der Waals surface area contributed by atoms with Gasteiger partial charge < -0.3 is 10.4 Å². The van der Waals surface area contributed by atoms with Crippen LogP contribution in [-0.2, 0) is 16.8 Å². The van der Waals surface area contributed by atoms with E-state index in [9.17, 15) is 14.3 Å². The van der Waals surface area contributed by atoms with Crippen molar-refractivity contribution in [3.05, 3.63) is 58.0 Å². The first-order valence-electron chi connectivity index (χ1n) is 7.17. The molecule has 0 aliphatic rings. The molecule has 0 aliphatic heterocycles. The molecule has 2 unspecified atom stereocenters. The molecule has 2 aromatic rings. The normalized spacial score (nSPS) is 15.1. The summed E-state index contributed by atoms with van der Waals surface area (Å²) in [6.07, 6.45) is 0.333. The third-order valence-electron chi connectivity index (χ3n) is 3.59. The van der Waals surface area contributed by atoms with Gasteiger partial charge in [0, 0.05) is 10.8 Å². The zero-order valence-electron chi connectivity index (χ0n) is 12.7. The predicted octanol–water partition coefficient (Wildman–Crippen LogP) is 3.09. The van der Waals surface area contributed by atoms with E-state index in [1.165, 1.54) is 17.4 Å². The fraction of sp³-hybridized carbons (Fsp3) is 0.353. The largest absolute Gasteiger partial charge is 0.383 e. The van der Waals surface area contributed by atoms with E-state index in [2.05, 4.69) is 5.32 Å². The number of rotatable bonds is 6. The average Bonchev–Trinajstić information content (AvgIpc) is 3.02. The molecule has 1 heterocycles. The predicted molar refractivity (Wildman–Crippen MR) is 86.2 cm³/mol. The lowest BCUT2D eigenvalue weighted by Gasteiger charge is -2.23. The van der Waals surface area contributed by atoms with Crippen LogP contribution in [0.25, 0.3) is 0 Å². The van der Waals surface area contributed by atoms with Crippen LogP contribution in [0.2, 0.25) is 0 Å². The number of nitrogens with one attached hydrogen (secondary N) is 1. The molecule has 0 fully saturated rings. The molecule has 2 atom stereocenters. The summed E-state index contributed by atoms with van der Waals surface area (Å²) in [5.41, 5.74) is -0.572. The second kappa shape index (κ2) is 7.03. The smallest absolute Gasteiger partial charge is 0.223 e. The van der Waals surface area contributed by atoms with E-state index < -0.39 is 5.60 Å². The molecule has 0 bridgehead atoms. The summed E-state index contributed by atoms with van der Waals surface area (Å²) in [5.74, 6) is -0.858. The third-order valence-corrected chi connectivity index (χ3v) is 4.71. The van der Waals surface area contributed by atoms with E-state index >= 15 is 0 Å². The van der Waals surface area contributed by atoms with Gasteiger partial charge in [0.2, 0.25) is 5.91 Å². The zero-order valence-corrected chi connectivity index (χ0v) is 13.5. The molecule has 118 valence electrons. The molecular formula is C17H20FNO2S. The first-order valence-corrected chi connectivity index (χ1v) is 8.05.